The van der Waals surface area contributed by atoms with Gasteiger partial charge in [-0.05, 0) is 60.8 Å². The van der Waals surface area contributed by atoms with Crippen LogP contribution >= 0.6 is 0 Å². The first-order valence-electron chi connectivity index (χ1n) is 7.71. The summed E-state index contributed by atoms with van der Waals surface area (Å²) >= 11 is 0. The van der Waals surface area contributed by atoms with Crippen LogP contribution in [-0.4, -0.2) is 23.4 Å². The molecule has 0 atom stereocenters. The quantitative estimate of drug-likeness (QED) is 0.426. The zero-order valence-electron chi connectivity index (χ0n) is 14.5. The van der Waals surface area contributed by atoms with Crippen molar-refractivity contribution in [3.63, 3.8) is 0 Å². The minimum atomic E-state index is -2.60. The van der Waals surface area contributed by atoms with Gasteiger partial charge in [0.25, 0.3) is 0 Å². The molecule has 8 heteroatoms. The van der Waals surface area contributed by atoms with Crippen molar-refractivity contribution in [3.8, 4) is 0 Å². The van der Waals surface area contributed by atoms with Gasteiger partial charge in [0.15, 0.2) is 0 Å². The Morgan fingerprint density at radius 1 is 0.600 bits per heavy atom. The largest absolute Gasteiger partial charge is 0.391 e. The Morgan fingerprint density at radius 3 is 1.16 bits per heavy atom. The average Bonchev–Trinajstić information content (AvgIpc) is 2.44. The molecule has 2 aromatic carbocycles. The van der Waals surface area contributed by atoms with Crippen LogP contribution in [0.1, 0.15) is 0 Å². The summed E-state index contributed by atoms with van der Waals surface area (Å²) in [4.78, 5) is 0. The molecule has 0 bridgehead atoms. The Balaban J connectivity index is 2.07. The third-order valence-corrected chi connectivity index (χ3v) is 8.99. The van der Waals surface area contributed by atoms with E-state index in [1.54, 1.807) is 26.2 Å². The van der Waals surface area contributed by atoms with Crippen molar-refractivity contribution in [2.75, 3.05) is 6.79 Å². The molecule has 0 aliphatic heterocycles. The molecule has 2 nitrogen and oxygen atoms in total. The molecule has 0 fully saturated rings. The van der Waals surface area contributed by atoms with Gasteiger partial charge >= 0.3 is 0 Å². The molecular formula is C17H20F4O2Si2. The molecule has 0 N–H and O–H groups in total. The number of hydrogen-bond acceptors (Lipinski definition) is 2. The molecule has 136 valence electrons. The van der Waals surface area contributed by atoms with Crippen LogP contribution in [0.2, 0.25) is 26.2 Å². The summed E-state index contributed by atoms with van der Waals surface area (Å²) in [6, 6.07) is 6.61. The predicted molar refractivity (Wildman–Crippen MR) is 94.0 cm³/mol. The number of hydrogen-bond donors (Lipinski definition) is 0. The van der Waals surface area contributed by atoms with Crippen LogP contribution in [-0.2, 0) is 8.85 Å². The van der Waals surface area contributed by atoms with Crippen molar-refractivity contribution in [2.45, 2.75) is 26.2 Å². The van der Waals surface area contributed by atoms with Crippen molar-refractivity contribution in [1.29, 1.82) is 0 Å². The topological polar surface area (TPSA) is 18.5 Å². The zero-order chi connectivity index (χ0) is 18.8. The van der Waals surface area contributed by atoms with Gasteiger partial charge in [0, 0.05) is 12.1 Å². The average molecular weight is 389 g/mol. The molecule has 0 unspecified atom stereocenters. The highest BCUT2D eigenvalue weighted by atomic mass is 28.4. The first-order valence-corrected chi connectivity index (χ1v) is 13.5. The highest BCUT2D eigenvalue weighted by molar-refractivity contribution is 6.85. The van der Waals surface area contributed by atoms with E-state index in [2.05, 4.69) is 0 Å². The highest BCUT2D eigenvalue weighted by Gasteiger charge is 2.30. The molecule has 0 radical (unpaired) electrons. The van der Waals surface area contributed by atoms with Crippen molar-refractivity contribution in [1.82, 2.24) is 0 Å². The first kappa shape index (κ1) is 19.8. The normalized spacial score (nSPS) is 12.5. The van der Waals surface area contributed by atoms with E-state index >= 15 is 0 Å². The van der Waals surface area contributed by atoms with E-state index in [1.165, 1.54) is 24.3 Å². The van der Waals surface area contributed by atoms with Gasteiger partial charge in [0.1, 0.15) is 30.1 Å². The van der Waals surface area contributed by atoms with E-state index in [4.69, 9.17) is 8.85 Å². The smallest absolute Gasteiger partial charge is 0.221 e. The predicted octanol–water partition coefficient (Wildman–Crippen LogP) is 3.76. The summed E-state index contributed by atoms with van der Waals surface area (Å²) < 4.78 is 65.1. The molecular weight excluding hydrogens is 368 g/mol. The SMILES string of the molecule is C[Si](C)(OCO[Si](C)(C)c1cc(F)cc(F)c1)c1cc(F)cc(F)c1. The molecule has 0 aliphatic carbocycles. The van der Waals surface area contributed by atoms with Gasteiger partial charge in [-0.3, -0.25) is 0 Å². The molecule has 0 spiro atoms. The fourth-order valence-electron chi connectivity index (χ4n) is 2.29. The van der Waals surface area contributed by atoms with Gasteiger partial charge in [0.05, 0.1) is 0 Å². The van der Waals surface area contributed by atoms with Crippen molar-refractivity contribution in [3.05, 3.63) is 59.7 Å². The fraction of sp³-hybridized carbons (Fsp3) is 0.294. The van der Waals surface area contributed by atoms with Crippen LogP contribution in [0.3, 0.4) is 0 Å². The van der Waals surface area contributed by atoms with E-state index in [0.717, 1.165) is 12.1 Å². The lowest BCUT2D eigenvalue weighted by molar-refractivity contribution is 0.111. The summed E-state index contributed by atoms with van der Waals surface area (Å²) in [6.45, 7) is 7.05. The summed E-state index contributed by atoms with van der Waals surface area (Å²) in [5.74, 6) is -2.65. The molecule has 0 aliphatic rings. The van der Waals surface area contributed by atoms with E-state index in [0.29, 0.717) is 10.4 Å². The minimum absolute atomic E-state index is 0.116. The summed E-state index contributed by atoms with van der Waals surface area (Å²) in [5, 5.41) is 0.926. The van der Waals surface area contributed by atoms with Gasteiger partial charge in [-0.1, -0.05) is 0 Å². The lowest BCUT2D eigenvalue weighted by atomic mass is 10.3. The van der Waals surface area contributed by atoms with Crippen molar-refractivity contribution < 1.29 is 26.4 Å². The van der Waals surface area contributed by atoms with Crippen LogP contribution < -0.4 is 10.4 Å². The third-order valence-electron chi connectivity index (χ3n) is 3.96. The molecule has 2 rings (SSSR count). The molecule has 0 aromatic heterocycles. The first-order chi connectivity index (χ1) is 11.5. The molecule has 25 heavy (non-hydrogen) atoms. The molecule has 0 saturated carbocycles. The number of rotatable bonds is 6. The Hall–Kier alpha value is -1.49. The van der Waals surface area contributed by atoms with Crippen LogP contribution in [0.4, 0.5) is 17.6 Å². The fourth-order valence-corrected chi connectivity index (χ4v) is 5.39. The van der Waals surface area contributed by atoms with Gasteiger partial charge in [-0.25, -0.2) is 17.6 Å². The van der Waals surface area contributed by atoms with Gasteiger partial charge < -0.3 is 8.85 Å². The summed E-state index contributed by atoms with van der Waals surface area (Å²) in [7, 11) is -5.19. The highest BCUT2D eigenvalue weighted by Crippen LogP contribution is 2.13. The van der Waals surface area contributed by atoms with Gasteiger partial charge in [-0.2, -0.15) is 0 Å². The maximum Gasteiger partial charge on any atom is 0.221 e. The van der Waals surface area contributed by atoms with Gasteiger partial charge in [-0.15, -0.1) is 0 Å². The minimum Gasteiger partial charge on any atom is -0.391 e. The second-order valence-electron chi connectivity index (χ2n) is 6.74. The Kier molecular flexibility index (Phi) is 5.87. The van der Waals surface area contributed by atoms with Crippen LogP contribution in [0.25, 0.3) is 0 Å². The maximum absolute atomic E-state index is 13.4. The van der Waals surface area contributed by atoms with Crippen molar-refractivity contribution in [2.24, 2.45) is 0 Å². The number of halogens is 4. The van der Waals surface area contributed by atoms with Gasteiger partial charge in [0.2, 0.25) is 16.6 Å². The van der Waals surface area contributed by atoms with E-state index in [9.17, 15) is 17.6 Å². The Labute approximate surface area is 146 Å². The lowest BCUT2D eigenvalue weighted by Crippen LogP contribution is -2.50. The van der Waals surface area contributed by atoms with E-state index in [-0.39, 0.29) is 6.79 Å². The second-order valence-corrected chi connectivity index (χ2v) is 14.5. The third kappa shape index (κ3) is 5.24. The summed E-state index contributed by atoms with van der Waals surface area (Å²) in [5.41, 5.74) is 0. The number of benzene rings is 2. The Morgan fingerprint density at radius 2 is 0.880 bits per heavy atom. The molecule has 0 heterocycles. The molecule has 0 amide bonds. The Bertz CT molecular complexity index is 662. The van der Waals surface area contributed by atoms with Crippen LogP contribution in [0.15, 0.2) is 36.4 Å². The maximum atomic E-state index is 13.4. The monoisotopic (exact) mass is 388 g/mol. The van der Waals surface area contributed by atoms with E-state index in [1.807, 2.05) is 0 Å². The van der Waals surface area contributed by atoms with E-state index < -0.39 is 39.9 Å². The van der Waals surface area contributed by atoms with Crippen LogP contribution in [0.5, 0.6) is 0 Å². The standard InChI is InChI=1S/C17H20F4O2Si2/c1-24(2,16-7-12(18)5-13(19)8-16)22-11-23-25(3,4)17-9-14(20)6-15(21)10-17/h5-10H,11H2,1-4H3. The van der Waals surface area contributed by atoms with Crippen molar-refractivity contribution >= 4 is 27.0 Å². The second kappa shape index (κ2) is 7.40. The lowest BCUT2D eigenvalue weighted by Gasteiger charge is -2.28. The van der Waals surface area contributed by atoms with Crippen LogP contribution in [0, 0.1) is 23.3 Å². The summed E-state index contributed by atoms with van der Waals surface area (Å²) in [6.07, 6.45) is 0. The molecule has 2 aromatic rings. The molecule has 0 saturated heterocycles. The zero-order valence-corrected chi connectivity index (χ0v) is 16.5.